The molecule has 2 aromatic carbocycles. The number of carbonyl (C=O) groups is 2. The van der Waals surface area contributed by atoms with E-state index in [0.29, 0.717) is 29.0 Å². The van der Waals surface area contributed by atoms with Gasteiger partial charge in [-0.2, -0.15) is 0 Å². The maximum Gasteiger partial charge on any atom is 0.243 e. The number of likely N-dealkylation sites (tertiary alicyclic amines) is 1. The Morgan fingerprint density at radius 1 is 1.00 bits per heavy atom. The number of hydroxylamine groups is 1. The van der Waals surface area contributed by atoms with Crippen LogP contribution in [-0.2, 0) is 25.7 Å². The van der Waals surface area contributed by atoms with E-state index in [1.54, 1.807) is 5.48 Å². The van der Waals surface area contributed by atoms with Crippen LogP contribution in [0.4, 0.5) is 5.69 Å². The lowest BCUT2D eigenvalue weighted by Crippen LogP contribution is -2.42. The molecule has 5 rings (SSSR count). The first kappa shape index (κ1) is 30.6. The van der Waals surface area contributed by atoms with Gasteiger partial charge < -0.3 is 19.9 Å². The zero-order chi connectivity index (χ0) is 29.9. The van der Waals surface area contributed by atoms with Crippen molar-refractivity contribution in [3.8, 4) is 0 Å². The first-order chi connectivity index (χ1) is 20.0. The number of nitrogens with one attached hydrogen (secondary N) is 2. The third kappa shape index (κ3) is 7.57. The minimum Gasteiger partial charge on any atom is -0.392 e. The lowest BCUT2D eigenvalue weighted by atomic mass is 9.65. The summed E-state index contributed by atoms with van der Waals surface area (Å²) in [6.07, 6.45) is 4.17. The molecule has 9 nitrogen and oxygen atoms in total. The van der Waals surface area contributed by atoms with Gasteiger partial charge in [-0.25, -0.2) is 5.48 Å². The number of hydrogen-bond donors (Lipinski definition) is 4. The van der Waals surface area contributed by atoms with Crippen LogP contribution in [0, 0.1) is 10.8 Å². The molecule has 1 aliphatic carbocycles. The van der Waals surface area contributed by atoms with Crippen LogP contribution in [0.15, 0.2) is 48.5 Å². The van der Waals surface area contributed by atoms with E-state index in [-0.39, 0.29) is 37.6 Å². The first-order valence-corrected chi connectivity index (χ1v) is 15.1. The van der Waals surface area contributed by atoms with Crippen LogP contribution >= 0.6 is 0 Å². The predicted molar refractivity (Wildman–Crippen MR) is 158 cm³/mol. The Morgan fingerprint density at radius 3 is 2.50 bits per heavy atom. The SMILES string of the molecule is CC1(C)CC2CC(C)(CN2C[C@H]2C[C@@H](c3ccc(CO)cc3)O[C@@H](c3cccc(NC(=O)CCCC(=O)NO)c3)O2)C1. The van der Waals surface area contributed by atoms with E-state index in [1.165, 1.54) is 19.3 Å². The average molecular weight is 580 g/mol. The van der Waals surface area contributed by atoms with E-state index in [4.69, 9.17) is 14.7 Å². The van der Waals surface area contributed by atoms with Gasteiger partial charge >= 0.3 is 0 Å². The molecule has 2 amide bonds. The number of carbonyl (C=O) groups excluding carboxylic acids is 2. The third-order valence-electron chi connectivity index (χ3n) is 8.95. The van der Waals surface area contributed by atoms with Gasteiger partial charge in [-0.1, -0.05) is 57.2 Å². The Balaban J connectivity index is 1.31. The highest BCUT2D eigenvalue weighted by Gasteiger charge is 2.50. The van der Waals surface area contributed by atoms with Crippen LogP contribution in [0.2, 0.25) is 0 Å². The van der Waals surface area contributed by atoms with Crippen LogP contribution in [-0.4, -0.2) is 52.3 Å². The van der Waals surface area contributed by atoms with Crippen molar-refractivity contribution in [2.75, 3.05) is 18.4 Å². The molecule has 4 N–H and O–H groups in total. The van der Waals surface area contributed by atoms with E-state index in [2.05, 4.69) is 31.0 Å². The molecular weight excluding hydrogens is 534 g/mol. The molecule has 2 aromatic rings. The fraction of sp³-hybridized carbons (Fsp3) is 0.576. The monoisotopic (exact) mass is 579 g/mol. The molecule has 42 heavy (non-hydrogen) atoms. The van der Waals surface area contributed by atoms with E-state index in [9.17, 15) is 14.7 Å². The smallest absolute Gasteiger partial charge is 0.243 e. The summed E-state index contributed by atoms with van der Waals surface area (Å²) in [7, 11) is 0. The van der Waals surface area contributed by atoms with Gasteiger partial charge in [0.2, 0.25) is 11.8 Å². The zero-order valence-electron chi connectivity index (χ0n) is 25.0. The molecule has 2 bridgehead atoms. The number of anilines is 1. The highest BCUT2D eigenvalue weighted by molar-refractivity contribution is 5.91. The number of amides is 2. The lowest BCUT2D eigenvalue weighted by molar-refractivity contribution is -0.253. The van der Waals surface area contributed by atoms with Gasteiger partial charge in [-0.3, -0.25) is 19.7 Å². The van der Waals surface area contributed by atoms with Crippen molar-refractivity contribution < 1.29 is 29.4 Å². The third-order valence-corrected chi connectivity index (χ3v) is 8.95. The minimum absolute atomic E-state index is 0.00122. The van der Waals surface area contributed by atoms with Gasteiger partial charge in [-0.15, -0.1) is 0 Å². The summed E-state index contributed by atoms with van der Waals surface area (Å²) >= 11 is 0. The van der Waals surface area contributed by atoms with Gasteiger partial charge in [0.1, 0.15) is 0 Å². The van der Waals surface area contributed by atoms with Crippen LogP contribution < -0.4 is 10.8 Å². The first-order valence-electron chi connectivity index (χ1n) is 15.1. The molecular formula is C33H45N3O6. The number of nitrogens with zero attached hydrogens (tertiary/aromatic N) is 1. The second-order valence-corrected chi connectivity index (χ2v) is 13.6. The molecule has 2 aliphatic heterocycles. The minimum atomic E-state index is -0.606. The van der Waals surface area contributed by atoms with E-state index < -0.39 is 12.2 Å². The fourth-order valence-corrected chi connectivity index (χ4v) is 7.54. The summed E-state index contributed by atoms with van der Waals surface area (Å²) in [4.78, 5) is 26.3. The van der Waals surface area contributed by atoms with E-state index >= 15 is 0 Å². The van der Waals surface area contributed by atoms with Crippen LogP contribution in [0.5, 0.6) is 0 Å². The Kier molecular flexibility index (Phi) is 9.34. The topological polar surface area (TPSA) is 120 Å². The van der Waals surface area contributed by atoms with Crippen molar-refractivity contribution in [1.82, 2.24) is 10.4 Å². The van der Waals surface area contributed by atoms with Gasteiger partial charge in [0.25, 0.3) is 0 Å². The Labute approximate surface area is 248 Å². The average Bonchev–Trinajstić information content (AvgIpc) is 3.19. The Bertz CT molecular complexity index is 1250. The molecule has 3 fully saturated rings. The van der Waals surface area contributed by atoms with Crippen molar-refractivity contribution >= 4 is 17.5 Å². The molecule has 2 saturated heterocycles. The van der Waals surface area contributed by atoms with Gasteiger partial charge in [0.15, 0.2) is 6.29 Å². The van der Waals surface area contributed by atoms with E-state index in [1.807, 2.05) is 48.5 Å². The summed E-state index contributed by atoms with van der Waals surface area (Å²) in [6, 6.07) is 16.0. The maximum atomic E-state index is 12.5. The van der Waals surface area contributed by atoms with Gasteiger partial charge in [0, 0.05) is 49.6 Å². The van der Waals surface area contributed by atoms with Crippen LogP contribution in [0.25, 0.3) is 0 Å². The quantitative estimate of drug-likeness (QED) is 0.224. The molecule has 0 radical (unpaired) electrons. The molecule has 3 aliphatic rings. The molecule has 228 valence electrons. The number of aliphatic hydroxyl groups excluding tert-OH is 1. The number of aliphatic hydroxyl groups is 1. The number of ether oxygens (including phenoxy) is 2. The standard InChI is InChI=1S/C33H45N3O6/c1-32(2)16-26-17-33(3,20-32)21-36(26)18-27-15-28(23-12-10-22(19-37)11-13-23)42-31(41-27)24-6-4-7-25(14-24)34-29(38)8-5-9-30(39)35-40/h4,6-7,10-14,26-28,31,37,40H,5,8-9,15-21H2,1-3H3,(H,34,38)(H,35,39)/t26?,27-,28+,31+,33?/m1/s1. The molecule has 0 spiro atoms. The Hall–Kier alpha value is -2.82. The summed E-state index contributed by atoms with van der Waals surface area (Å²) in [5, 5.41) is 21.1. The van der Waals surface area contributed by atoms with Gasteiger partial charge in [0.05, 0.1) is 18.8 Å². The van der Waals surface area contributed by atoms with Crippen molar-refractivity contribution in [3.05, 3.63) is 65.2 Å². The maximum absolute atomic E-state index is 12.5. The van der Waals surface area contributed by atoms with Crippen molar-refractivity contribution in [3.63, 3.8) is 0 Å². The molecule has 0 aromatic heterocycles. The zero-order valence-corrected chi connectivity index (χ0v) is 25.0. The number of rotatable bonds is 10. The van der Waals surface area contributed by atoms with Crippen molar-refractivity contribution in [1.29, 1.82) is 0 Å². The summed E-state index contributed by atoms with van der Waals surface area (Å²) in [5.41, 5.74) is 5.63. The van der Waals surface area contributed by atoms with Gasteiger partial charge in [-0.05, 0) is 59.8 Å². The Morgan fingerprint density at radius 2 is 1.76 bits per heavy atom. The number of fused-ring (bicyclic) bond motifs is 2. The molecule has 2 heterocycles. The molecule has 1 saturated carbocycles. The fourth-order valence-electron chi connectivity index (χ4n) is 7.54. The number of hydrogen-bond acceptors (Lipinski definition) is 7. The van der Waals surface area contributed by atoms with Crippen molar-refractivity contribution in [2.45, 2.75) is 96.9 Å². The molecule has 5 atom stereocenters. The highest BCUT2D eigenvalue weighted by atomic mass is 16.7. The van der Waals surface area contributed by atoms with Crippen LogP contribution in [0.1, 0.15) is 94.8 Å². The predicted octanol–water partition coefficient (Wildman–Crippen LogP) is 5.24. The highest BCUT2D eigenvalue weighted by Crippen LogP contribution is 2.53. The van der Waals surface area contributed by atoms with Crippen LogP contribution in [0.3, 0.4) is 0 Å². The normalized spacial score (nSPS) is 28.8. The summed E-state index contributed by atoms with van der Waals surface area (Å²) in [5.74, 6) is -0.721. The largest absolute Gasteiger partial charge is 0.392 e. The summed E-state index contributed by atoms with van der Waals surface area (Å²) < 4.78 is 13.2. The number of benzene rings is 2. The second-order valence-electron chi connectivity index (χ2n) is 13.6. The van der Waals surface area contributed by atoms with Crippen molar-refractivity contribution in [2.24, 2.45) is 10.8 Å². The molecule has 9 heteroatoms. The molecule has 2 unspecified atom stereocenters. The lowest BCUT2D eigenvalue weighted by Gasteiger charge is -2.41. The second kappa shape index (κ2) is 12.8. The van der Waals surface area contributed by atoms with E-state index in [0.717, 1.165) is 36.2 Å². The summed E-state index contributed by atoms with van der Waals surface area (Å²) in [6.45, 7) is 9.15.